The number of oxazole rings is 1. The van der Waals surface area contributed by atoms with Gasteiger partial charge in [0.1, 0.15) is 18.6 Å². The van der Waals surface area contributed by atoms with Crippen LogP contribution in [0.4, 0.5) is 10.5 Å². The van der Waals surface area contributed by atoms with Crippen LogP contribution in [0.15, 0.2) is 95.6 Å². The predicted molar refractivity (Wildman–Crippen MR) is 131 cm³/mol. The first kappa shape index (κ1) is 23.1. The summed E-state index contributed by atoms with van der Waals surface area (Å²) in [4.78, 5) is 16.7. The Hall–Kier alpha value is -4.10. The van der Waals surface area contributed by atoms with Crippen molar-refractivity contribution in [1.29, 1.82) is 0 Å². The zero-order chi connectivity index (χ0) is 23.4. The summed E-state index contributed by atoms with van der Waals surface area (Å²) >= 11 is 0. The van der Waals surface area contributed by atoms with E-state index in [0.717, 1.165) is 22.6 Å². The van der Waals surface area contributed by atoms with Crippen LogP contribution in [0.2, 0.25) is 0 Å². The Kier molecular flexibility index (Phi) is 8.29. The molecule has 1 heterocycles. The minimum absolute atomic E-state index is 0.277. The number of ether oxygens (including phenoxy) is 2. The molecule has 1 aromatic heterocycles. The monoisotopic (exact) mass is 457 g/mol. The Bertz CT molecular complexity index is 1160. The number of nitrogens with one attached hydrogen (secondary N) is 2. The highest BCUT2D eigenvalue weighted by Crippen LogP contribution is 2.18. The topological polar surface area (TPSA) is 85.6 Å². The van der Waals surface area contributed by atoms with Crippen molar-refractivity contribution < 1.29 is 18.7 Å². The van der Waals surface area contributed by atoms with Crippen LogP contribution in [0, 0.1) is 0 Å². The van der Waals surface area contributed by atoms with Gasteiger partial charge < -0.3 is 24.5 Å². The van der Waals surface area contributed by atoms with E-state index in [1.165, 1.54) is 0 Å². The van der Waals surface area contributed by atoms with E-state index in [4.69, 9.17) is 13.9 Å². The lowest BCUT2D eigenvalue weighted by Crippen LogP contribution is -2.30. The fourth-order valence-corrected chi connectivity index (χ4v) is 3.28. The number of hydrogen-bond donors (Lipinski definition) is 2. The van der Waals surface area contributed by atoms with E-state index in [-0.39, 0.29) is 6.03 Å². The predicted octanol–water partition coefficient (Wildman–Crippen LogP) is 5.30. The number of para-hydroxylation sites is 1. The van der Waals surface area contributed by atoms with E-state index < -0.39 is 0 Å². The van der Waals surface area contributed by atoms with Crippen LogP contribution in [-0.4, -0.2) is 30.8 Å². The Balaban J connectivity index is 1.15. The number of urea groups is 1. The maximum Gasteiger partial charge on any atom is 0.319 e. The first-order chi connectivity index (χ1) is 16.8. The van der Waals surface area contributed by atoms with Gasteiger partial charge in [0.05, 0.1) is 18.9 Å². The maximum absolute atomic E-state index is 12.3. The van der Waals surface area contributed by atoms with Crippen molar-refractivity contribution in [1.82, 2.24) is 10.3 Å². The summed E-state index contributed by atoms with van der Waals surface area (Å²) in [7, 11) is 0. The molecular formula is C27H27N3O4. The molecule has 0 radical (unpaired) electrons. The zero-order valence-corrected chi connectivity index (χ0v) is 18.8. The second kappa shape index (κ2) is 12.2. The summed E-state index contributed by atoms with van der Waals surface area (Å²) in [5.74, 6) is 1.40. The lowest BCUT2D eigenvalue weighted by Gasteiger charge is -2.10. The number of nitrogens with zero attached hydrogens (tertiary/aromatic N) is 1. The van der Waals surface area contributed by atoms with Crippen LogP contribution in [0.25, 0.3) is 11.5 Å². The number of carbonyl (C=O) groups excluding carboxylic acids is 1. The Labute approximate surface area is 198 Å². The number of amides is 2. The van der Waals surface area contributed by atoms with Gasteiger partial charge >= 0.3 is 6.03 Å². The van der Waals surface area contributed by atoms with E-state index in [1.807, 2.05) is 84.9 Å². The molecule has 0 saturated carbocycles. The van der Waals surface area contributed by atoms with Crippen LogP contribution in [0.1, 0.15) is 11.3 Å². The third-order valence-electron chi connectivity index (χ3n) is 4.93. The number of carbonyl (C=O) groups is 1. The van der Waals surface area contributed by atoms with Crippen LogP contribution in [-0.2, 0) is 17.8 Å². The third-order valence-corrected chi connectivity index (χ3v) is 4.93. The molecule has 0 saturated heterocycles. The average Bonchev–Trinajstić information content (AvgIpc) is 3.34. The fraction of sp³-hybridized carbons (Fsp3) is 0.185. The van der Waals surface area contributed by atoms with Gasteiger partial charge in [-0.15, -0.1) is 0 Å². The molecule has 0 aliphatic carbocycles. The highest BCUT2D eigenvalue weighted by molar-refractivity contribution is 5.89. The Morgan fingerprint density at radius 2 is 1.71 bits per heavy atom. The molecule has 174 valence electrons. The second-order valence-corrected chi connectivity index (χ2v) is 7.56. The molecule has 0 atom stereocenters. The van der Waals surface area contributed by atoms with Crippen molar-refractivity contribution in [3.8, 4) is 17.2 Å². The van der Waals surface area contributed by atoms with Crippen LogP contribution < -0.4 is 15.4 Å². The SMILES string of the molecule is O=C(NCCc1coc(-c2ccccc2)n1)Nc1cccc(COCCOc2ccccc2)c1. The molecule has 4 aromatic rings. The van der Waals surface area contributed by atoms with Gasteiger partial charge in [0, 0.05) is 24.2 Å². The van der Waals surface area contributed by atoms with Gasteiger partial charge in [-0.3, -0.25) is 0 Å². The average molecular weight is 458 g/mol. The summed E-state index contributed by atoms with van der Waals surface area (Å²) < 4.78 is 16.8. The molecule has 2 amide bonds. The number of aromatic nitrogens is 1. The van der Waals surface area contributed by atoms with Crippen LogP contribution in [0.3, 0.4) is 0 Å². The standard InChI is InChI=1S/C27H27N3O4/c31-27(28-15-14-24-20-34-26(29-24)22-9-3-1-4-10-22)30-23-11-7-8-21(18-23)19-32-16-17-33-25-12-5-2-6-13-25/h1-13,18,20H,14-17,19H2,(H2,28,30,31). The zero-order valence-electron chi connectivity index (χ0n) is 18.8. The molecule has 0 fully saturated rings. The summed E-state index contributed by atoms with van der Waals surface area (Å²) in [5.41, 5.74) is 3.38. The van der Waals surface area contributed by atoms with E-state index in [1.54, 1.807) is 6.26 Å². The van der Waals surface area contributed by atoms with Crippen molar-refractivity contribution in [3.63, 3.8) is 0 Å². The summed E-state index contributed by atoms with van der Waals surface area (Å²) in [6.45, 7) is 1.83. The lowest BCUT2D eigenvalue weighted by atomic mass is 10.2. The molecule has 0 aliphatic rings. The summed E-state index contributed by atoms with van der Waals surface area (Å²) in [5, 5.41) is 5.69. The lowest BCUT2D eigenvalue weighted by molar-refractivity contribution is 0.0889. The van der Waals surface area contributed by atoms with Crippen molar-refractivity contribution in [2.24, 2.45) is 0 Å². The third kappa shape index (κ3) is 7.21. The smallest absolute Gasteiger partial charge is 0.319 e. The number of benzene rings is 3. The Morgan fingerprint density at radius 1 is 0.912 bits per heavy atom. The Morgan fingerprint density at radius 3 is 2.53 bits per heavy atom. The first-order valence-corrected chi connectivity index (χ1v) is 11.2. The minimum atomic E-state index is -0.277. The highest BCUT2D eigenvalue weighted by Gasteiger charge is 2.07. The van der Waals surface area contributed by atoms with Crippen molar-refractivity contribution in [2.75, 3.05) is 25.1 Å². The molecule has 7 nitrogen and oxygen atoms in total. The molecule has 2 N–H and O–H groups in total. The molecule has 7 heteroatoms. The van der Waals surface area contributed by atoms with E-state index in [9.17, 15) is 4.79 Å². The molecule has 3 aromatic carbocycles. The van der Waals surface area contributed by atoms with Crippen molar-refractivity contribution in [3.05, 3.63) is 102 Å². The first-order valence-electron chi connectivity index (χ1n) is 11.2. The van der Waals surface area contributed by atoms with Crippen LogP contribution in [0.5, 0.6) is 5.75 Å². The van der Waals surface area contributed by atoms with Crippen molar-refractivity contribution in [2.45, 2.75) is 13.0 Å². The van der Waals surface area contributed by atoms with Crippen molar-refractivity contribution >= 4 is 11.7 Å². The quantitative estimate of drug-likeness (QED) is 0.299. The van der Waals surface area contributed by atoms with Gasteiger partial charge in [0.2, 0.25) is 5.89 Å². The molecule has 0 unspecified atom stereocenters. The summed E-state index contributed by atoms with van der Waals surface area (Å²) in [6.07, 6.45) is 2.19. The summed E-state index contributed by atoms with van der Waals surface area (Å²) in [6, 6.07) is 26.6. The number of hydrogen-bond acceptors (Lipinski definition) is 5. The van der Waals surface area contributed by atoms with Gasteiger partial charge in [-0.1, -0.05) is 48.5 Å². The highest BCUT2D eigenvalue weighted by atomic mass is 16.5. The molecule has 34 heavy (non-hydrogen) atoms. The van der Waals surface area contributed by atoms with Gasteiger partial charge in [0.15, 0.2) is 0 Å². The van der Waals surface area contributed by atoms with Gasteiger partial charge in [-0.2, -0.15) is 0 Å². The van der Waals surface area contributed by atoms with E-state index in [0.29, 0.717) is 44.4 Å². The van der Waals surface area contributed by atoms with Gasteiger partial charge in [0.25, 0.3) is 0 Å². The largest absolute Gasteiger partial charge is 0.491 e. The van der Waals surface area contributed by atoms with E-state index >= 15 is 0 Å². The minimum Gasteiger partial charge on any atom is -0.491 e. The fourth-order valence-electron chi connectivity index (χ4n) is 3.28. The van der Waals surface area contributed by atoms with Crippen LogP contribution >= 0.6 is 0 Å². The number of anilines is 1. The second-order valence-electron chi connectivity index (χ2n) is 7.56. The molecule has 0 aliphatic heterocycles. The molecular weight excluding hydrogens is 430 g/mol. The maximum atomic E-state index is 12.3. The molecule has 4 rings (SSSR count). The van der Waals surface area contributed by atoms with Gasteiger partial charge in [-0.05, 0) is 42.0 Å². The van der Waals surface area contributed by atoms with Gasteiger partial charge in [-0.25, -0.2) is 9.78 Å². The number of rotatable bonds is 11. The molecule has 0 spiro atoms. The van der Waals surface area contributed by atoms with E-state index in [2.05, 4.69) is 15.6 Å². The normalized spacial score (nSPS) is 10.6. The molecule has 0 bridgehead atoms.